The van der Waals surface area contributed by atoms with Crippen LogP contribution in [0.1, 0.15) is 6.92 Å². The van der Waals surface area contributed by atoms with Gasteiger partial charge in [-0.3, -0.25) is 0 Å². The molecule has 8 heavy (non-hydrogen) atoms. The molecule has 0 N–H and O–H groups in total. The van der Waals surface area contributed by atoms with E-state index < -0.39 is 5.51 Å². The van der Waals surface area contributed by atoms with Crippen LogP contribution < -0.4 is 0 Å². The summed E-state index contributed by atoms with van der Waals surface area (Å²) in [4.78, 5) is 0. The summed E-state index contributed by atoms with van der Waals surface area (Å²) in [6.45, 7) is 1.68. The first kappa shape index (κ1) is 8.49. The van der Waals surface area contributed by atoms with E-state index in [1.165, 1.54) is 0 Å². The van der Waals surface area contributed by atoms with E-state index in [0.717, 1.165) is 10.8 Å². The zero-order valence-electron chi connectivity index (χ0n) is 4.16. The molecule has 0 nitrogen and oxygen atoms in total. The van der Waals surface area contributed by atoms with Gasteiger partial charge in [0, 0.05) is 16.5 Å². The van der Waals surface area contributed by atoms with Crippen LogP contribution in [0, 0.1) is 0 Å². The highest BCUT2D eigenvalue weighted by Gasteiger charge is 2.27. The van der Waals surface area contributed by atoms with Gasteiger partial charge in [0.15, 0.2) is 0 Å². The van der Waals surface area contributed by atoms with Crippen LogP contribution in [-0.4, -0.2) is 11.3 Å². The first-order valence-electron chi connectivity index (χ1n) is 1.93. The van der Waals surface area contributed by atoms with Crippen LogP contribution in [0.2, 0.25) is 0 Å². The van der Waals surface area contributed by atoms with E-state index in [4.69, 9.17) is 0 Å². The molecule has 5 heteroatoms. The largest absolute Gasteiger partial charge is 0.452 e. The molecule has 0 amide bonds. The summed E-state index contributed by atoms with van der Waals surface area (Å²) in [5, 5.41) is 0. The molecule has 0 aromatic carbocycles. The average molecular weight is 162 g/mol. The molecular formula is C3H5F3S2. The average Bonchev–Trinajstić information content (AvgIpc) is 1.59. The molecule has 0 saturated heterocycles. The molecule has 0 unspecified atom stereocenters. The fourth-order valence-corrected chi connectivity index (χ4v) is 1.13. The van der Waals surface area contributed by atoms with Crippen LogP contribution in [0.25, 0.3) is 0 Å². The van der Waals surface area contributed by atoms with Crippen LogP contribution >= 0.6 is 21.6 Å². The fraction of sp³-hybridized carbons (Fsp3) is 1.00. The quantitative estimate of drug-likeness (QED) is 0.572. The summed E-state index contributed by atoms with van der Waals surface area (Å²) >= 11 is 0. The van der Waals surface area contributed by atoms with Crippen molar-refractivity contribution in [2.24, 2.45) is 0 Å². The minimum absolute atomic E-state index is 0.0498. The van der Waals surface area contributed by atoms with Crippen molar-refractivity contribution in [3.63, 3.8) is 0 Å². The van der Waals surface area contributed by atoms with Gasteiger partial charge in [0.1, 0.15) is 0 Å². The molecule has 0 aliphatic carbocycles. The molecule has 0 saturated carbocycles. The maximum absolute atomic E-state index is 11.2. The molecule has 0 rings (SSSR count). The standard InChI is InChI=1S/C3H5F3S2/c1-2-7-8-3(4,5)6/h2H2,1H3. The van der Waals surface area contributed by atoms with Gasteiger partial charge in [-0.25, -0.2) is 0 Å². The van der Waals surface area contributed by atoms with Gasteiger partial charge in [0.05, 0.1) is 0 Å². The van der Waals surface area contributed by atoms with Crippen molar-refractivity contribution in [2.75, 3.05) is 5.75 Å². The summed E-state index contributed by atoms with van der Waals surface area (Å²) < 4.78 is 33.6. The normalized spacial score (nSPS) is 12.0. The molecular weight excluding hydrogens is 157 g/mol. The Morgan fingerprint density at radius 1 is 1.38 bits per heavy atom. The Kier molecular flexibility index (Phi) is 3.72. The van der Waals surface area contributed by atoms with Crippen LogP contribution in [0.3, 0.4) is 0 Å². The van der Waals surface area contributed by atoms with Crippen molar-refractivity contribution < 1.29 is 13.2 Å². The van der Waals surface area contributed by atoms with Gasteiger partial charge in [0.25, 0.3) is 0 Å². The maximum atomic E-state index is 11.2. The Balaban J connectivity index is 3.11. The molecule has 0 heterocycles. The Morgan fingerprint density at radius 3 is 2.00 bits per heavy atom. The van der Waals surface area contributed by atoms with Crippen molar-refractivity contribution in [3.8, 4) is 0 Å². The van der Waals surface area contributed by atoms with Gasteiger partial charge >= 0.3 is 5.51 Å². The maximum Gasteiger partial charge on any atom is 0.452 e. The zero-order chi connectivity index (χ0) is 6.62. The van der Waals surface area contributed by atoms with Crippen LogP contribution in [0.15, 0.2) is 0 Å². The second-order valence-electron chi connectivity index (χ2n) is 0.936. The van der Waals surface area contributed by atoms with E-state index in [0.29, 0.717) is 5.75 Å². The Labute approximate surface area is 53.6 Å². The lowest BCUT2D eigenvalue weighted by Gasteiger charge is -2.00. The summed E-state index contributed by atoms with van der Waals surface area (Å²) in [5.41, 5.74) is -4.07. The molecule has 0 aromatic rings. The predicted molar refractivity (Wildman–Crippen MR) is 31.8 cm³/mol. The lowest BCUT2D eigenvalue weighted by molar-refractivity contribution is -0.0311. The van der Waals surface area contributed by atoms with Gasteiger partial charge in [0.2, 0.25) is 0 Å². The number of halogens is 3. The molecule has 0 aliphatic rings. The van der Waals surface area contributed by atoms with Gasteiger partial charge in [-0.15, -0.1) is 0 Å². The lowest BCUT2D eigenvalue weighted by atomic mass is 11.0. The SMILES string of the molecule is CCSSC(F)(F)F. The third-order valence-corrected chi connectivity index (χ3v) is 2.44. The van der Waals surface area contributed by atoms with Gasteiger partial charge < -0.3 is 0 Å². The summed E-state index contributed by atoms with van der Waals surface area (Å²) in [5.74, 6) is 0.490. The van der Waals surface area contributed by atoms with E-state index in [1.807, 2.05) is 0 Å². The molecule has 50 valence electrons. The van der Waals surface area contributed by atoms with E-state index in [9.17, 15) is 13.2 Å². The summed E-state index contributed by atoms with van der Waals surface area (Å²) in [6, 6.07) is 0. The van der Waals surface area contributed by atoms with Crippen LogP contribution in [0.4, 0.5) is 13.2 Å². The molecule has 0 atom stereocenters. The summed E-state index contributed by atoms with van der Waals surface area (Å²) in [6.07, 6.45) is 0. The second-order valence-corrected chi connectivity index (χ2v) is 3.59. The highest BCUT2D eigenvalue weighted by Crippen LogP contribution is 2.39. The molecule has 0 fully saturated rings. The lowest BCUT2D eigenvalue weighted by Crippen LogP contribution is -1.95. The van der Waals surface area contributed by atoms with Crippen LogP contribution in [0.5, 0.6) is 0 Å². The van der Waals surface area contributed by atoms with E-state index >= 15 is 0 Å². The zero-order valence-corrected chi connectivity index (χ0v) is 5.79. The topological polar surface area (TPSA) is 0 Å². The Bertz CT molecular complexity index is 60.0. The highest BCUT2D eigenvalue weighted by molar-refractivity contribution is 8.77. The number of rotatable bonds is 2. The minimum atomic E-state index is -4.07. The first-order valence-corrected chi connectivity index (χ1v) is 4.25. The van der Waals surface area contributed by atoms with Gasteiger partial charge in [-0.05, 0) is 0 Å². The molecule has 0 aromatic heterocycles. The first-order chi connectivity index (χ1) is 3.56. The fourth-order valence-electron chi connectivity index (χ4n) is 0.126. The van der Waals surface area contributed by atoms with Gasteiger partial charge in [-0.1, -0.05) is 17.7 Å². The molecule has 0 aliphatic heterocycles. The molecule has 0 spiro atoms. The number of hydrogen-bond donors (Lipinski definition) is 0. The van der Waals surface area contributed by atoms with E-state index in [-0.39, 0.29) is 10.8 Å². The van der Waals surface area contributed by atoms with Crippen molar-refractivity contribution in [3.05, 3.63) is 0 Å². The second kappa shape index (κ2) is 3.50. The van der Waals surface area contributed by atoms with Gasteiger partial charge in [-0.2, -0.15) is 13.2 Å². The number of hydrogen-bond acceptors (Lipinski definition) is 2. The monoisotopic (exact) mass is 162 g/mol. The highest BCUT2D eigenvalue weighted by atomic mass is 33.1. The third-order valence-electron chi connectivity index (χ3n) is 0.271. The van der Waals surface area contributed by atoms with Crippen molar-refractivity contribution in [1.82, 2.24) is 0 Å². The Morgan fingerprint density at radius 2 is 1.88 bits per heavy atom. The predicted octanol–water partition coefficient (Wildman–Crippen LogP) is 2.91. The Hall–Kier alpha value is 0.490. The number of alkyl halides is 3. The van der Waals surface area contributed by atoms with E-state index in [1.54, 1.807) is 6.92 Å². The van der Waals surface area contributed by atoms with E-state index in [2.05, 4.69) is 0 Å². The minimum Gasteiger partial charge on any atom is -0.160 e. The summed E-state index contributed by atoms with van der Waals surface area (Å²) in [7, 11) is 0.757. The molecule has 0 bridgehead atoms. The van der Waals surface area contributed by atoms with Crippen molar-refractivity contribution in [1.29, 1.82) is 0 Å². The third kappa shape index (κ3) is 6.49. The van der Waals surface area contributed by atoms with Crippen molar-refractivity contribution in [2.45, 2.75) is 12.4 Å². The van der Waals surface area contributed by atoms with Crippen LogP contribution in [-0.2, 0) is 0 Å². The molecule has 0 radical (unpaired) electrons. The van der Waals surface area contributed by atoms with Crippen molar-refractivity contribution >= 4 is 21.6 Å². The smallest absolute Gasteiger partial charge is 0.160 e.